The third-order valence-electron chi connectivity index (χ3n) is 5.70. The molecule has 2 aromatic carbocycles. The van der Waals surface area contributed by atoms with Gasteiger partial charge in [0.15, 0.2) is 23.0 Å². The van der Waals surface area contributed by atoms with Crippen LogP contribution in [0.1, 0.15) is 24.0 Å². The van der Waals surface area contributed by atoms with E-state index in [1.807, 2.05) is 24.3 Å². The van der Waals surface area contributed by atoms with Crippen molar-refractivity contribution < 1.29 is 38.4 Å². The van der Waals surface area contributed by atoms with E-state index in [1.165, 1.54) is 7.11 Å². The van der Waals surface area contributed by atoms with Crippen LogP contribution in [-0.4, -0.2) is 51.6 Å². The quantitative estimate of drug-likeness (QED) is 0.405. The summed E-state index contributed by atoms with van der Waals surface area (Å²) in [5, 5.41) is 8.86. The molecule has 1 N–H and O–H groups in total. The number of methoxy groups -OCH3 is 3. The van der Waals surface area contributed by atoms with Gasteiger partial charge in [0.2, 0.25) is 0 Å². The fourth-order valence-corrected chi connectivity index (χ4v) is 3.94. The average Bonchev–Trinajstić information content (AvgIpc) is 3.17. The number of esters is 2. The Morgan fingerprint density at radius 1 is 0.939 bits per heavy atom. The molecule has 178 valence electrons. The van der Waals surface area contributed by atoms with Gasteiger partial charge in [-0.05, 0) is 54.7 Å². The number of aliphatic hydroxyl groups is 1. The zero-order valence-electron chi connectivity index (χ0n) is 19.2. The number of ether oxygens (including phenoxy) is 5. The fourth-order valence-electron chi connectivity index (χ4n) is 3.94. The van der Waals surface area contributed by atoms with E-state index in [1.54, 1.807) is 26.4 Å². The molecule has 3 rings (SSSR count). The fraction of sp³-hybridized carbons (Fsp3) is 0.440. The summed E-state index contributed by atoms with van der Waals surface area (Å²) >= 11 is 0. The number of benzene rings is 2. The molecule has 0 unspecified atom stereocenters. The summed E-state index contributed by atoms with van der Waals surface area (Å²) in [7, 11) is 4.67. The molecule has 2 atom stereocenters. The Hall–Kier alpha value is -3.26. The topological polar surface area (TPSA) is 101 Å². The summed E-state index contributed by atoms with van der Waals surface area (Å²) in [5.41, 5.74) is 1.91. The molecule has 0 aliphatic carbocycles. The monoisotopic (exact) mass is 458 g/mol. The third kappa shape index (κ3) is 6.16. The van der Waals surface area contributed by atoms with Gasteiger partial charge in [-0.2, -0.15) is 0 Å². The van der Waals surface area contributed by atoms with E-state index < -0.39 is 5.97 Å². The Labute approximate surface area is 193 Å². The highest BCUT2D eigenvalue weighted by Gasteiger charge is 2.37. The van der Waals surface area contributed by atoms with Crippen molar-refractivity contribution in [2.45, 2.75) is 25.7 Å². The first-order valence-corrected chi connectivity index (χ1v) is 10.8. The molecule has 0 radical (unpaired) electrons. The van der Waals surface area contributed by atoms with E-state index >= 15 is 0 Å². The molecule has 8 heteroatoms. The maximum Gasteiger partial charge on any atom is 0.311 e. The zero-order valence-corrected chi connectivity index (χ0v) is 19.2. The van der Waals surface area contributed by atoms with Gasteiger partial charge >= 0.3 is 11.9 Å². The SMILES string of the molecule is COc1ccc(C[C@H]2COC(=O)[C@@H]2Cc2ccc(OC(=O)CCCO)c(OC)c2)cc1OC. The van der Waals surface area contributed by atoms with Crippen LogP contribution in [0.3, 0.4) is 0 Å². The molecule has 1 saturated heterocycles. The first-order valence-electron chi connectivity index (χ1n) is 10.8. The normalized spacial score (nSPS) is 17.4. The van der Waals surface area contributed by atoms with Crippen LogP contribution in [0.25, 0.3) is 0 Å². The van der Waals surface area contributed by atoms with Crippen molar-refractivity contribution in [2.75, 3.05) is 34.5 Å². The molecule has 0 bridgehead atoms. The lowest BCUT2D eigenvalue weighted by molar-refractivity contribution is -0.141. The Kier molecular flexibility index (Phi) is 8.54. The molecule has 1 fully saturated rings. The van der Waals surface area contributed by atoms with Gasteiger partial charge in [-0.25, -0.2) is 0 Å². The molecular formula is C25H30O8. The van der Waals surface area contributed by atoms with Crippen molar-refractivity contribution in [2.24, 2.45) is 11.8 Å². The minimum atomic E-state index is -0.440. The first kappa shape index (κ1) is 24.4. The molecule has 0 spiro atoms. The van der Waals surface area contributed by atoms with Crippen LogP contribution in [-0.2, 0) is 27.2 Å². The van der Waals surface area contributed by atoms with Crippen molar-refractivity contribution in [1.82, 2.24) is 0 Å². The third-order valence-corrected chi connectivity index (χ3v) is 5.70. The summed E-state index contributed by atoms with van der Waals surface area (Å²) in [5.74, 6) is 1.06. The van der Waals surface area contributed by atoms with Crippen molar-refractivity contribution in [3.8, 4) is 23.0 Å². The van der Waals surface area contributed by atoms with Crippen LogP contribution in [0.4, 0.5) is 0 Å². The minimum Gasteiger partial charge on any atom is -0.493 e. The second-order valence-electron chi connectivity index (χ2n) is 7.88. The molecule has 33 heavy (non-hydrogen) atoms. The van der Waals surface area contributed by atoms with Crippen LogP contribution in [0.5, 0.6) is 23.0 Å². The van der Waals surface area contributed by atoms with Crippen LogP contribution in [0, 0.1) is 11.8 Å². The largest absolute Gasteiger partial charge is 0.493 e. The van der Waals surface area contributed by atoms with E-state index in [-0.39, 0.29) is 30.8 Å². The van der Waals surface area contributed by atoms with E-state index in [4.69, 9.17) is 28.8 Å². The zero-order chi connectivity index (χ0) is 23.8. The van der Waals surface area contributed by atoms with Gasteiger partial charge in [0.1, 0.15) is 0 Å². The first-order chi connectivity index (χ1) is 16.0. The highest BCUT2D eigenvalue weighted by Crippen LogP contribution is 2.35. The predicted octanol–water partition coefficient (Wildman–Crippen LogP) is 2.96. The second-order valence-corrected chi connectivity index (χ2v) is 7.88. The molecular weight excluding hydrogens is 428 g/mol. The molecule has 2 aromatic rings. The summed E-state index contributed by atoms with van der Waals surface area (Å²) in [6.07, 6.45) is 1.60. The summed E-state index contributed by atoms with van der Waals surface area (Å²) < 4.78 is 26.8. The summed E-state index contributed by atoms with van der Waals surface area (Å²) in [4.78, 5) is 24.4. The Bertz CT molecular complexity index is 971. The van der Waals surface area contributed by atoms with Gasteiger partial charge in [-0.3, -0.25) is 9.59 Å². The van der Waals surface area contributed by atoms with Gasteiger partial charge in [0.05, 0.1) is 33.9 Å². The van der Waals surface area contributed by atoms with Crippen molar-refractivity contribution >= 4 is 11.9 Å². The lowest BCUT2D eigenvalue weighted by Gasteiger charge is -2.17. The highest BCUT2D eigenvalue weighted by atomic mass is 16.6. The number of rotatable bonds is 11. The van der Waals surface area contributed by atoms with Gasteiger partial charge in [-0.15, -0.1) is 0 Å². The summed E-state index contributed by atoms with van der Waals surface area (Å²) in [6.45, 7) is 0.280. The molecule has 0 amide bonds. The van der Waals surface area contributed by atoms with Crippen molar-refractivity contribution in [3.05, 3.63) is 47.5 Å². The van der Waals surface area contributed by atoms with Crippen molar-refractivity contribution in [1.29, 1.82) is 0 Å². The van der Waals surface area contributed by atoms with Crippen molar-refractivity contribution in [3.63, 3.8) is 0 Å². The van der Waals surface area contributed by atoms with Crippen LogP contribution in [0.2, 0.25) is 0 Å². The molecule has 0 aromatic heterocycles. The van der Waals surface area contributed by atoms with E-state index in [9.17, 15) is 9.59 Å². The predicted molar refractivity (Wildman–Crippen MR) is 120 cm³/mol. The number of carbonyl (C=O) groups excluding carboxylic acids is 2. The van der Waals surface area contributed by atoms with E-state index in [0.717, 1.165) is 11.1 Å². The van der Waals surface area contributed by atoms with Gasteiger partial charge in [-0.1, -0.05) is 12.1 Å². The van der Waals surface area contributed by atoms with Gasteiger partial charge in [0.25, 0.3) is 0 Å². The average molecular weight is 459 g/mol. The molecule has 1 aliphatic heterocycles. The lowest BCUT2D eigenvalue weighted by Crippen LogP contribution is -2.20. The Morgan fingerprint density at radius 3 is 2.18 bits per heavy atom. The maximum absolute atomic E-state index is 12.5. The van der Waals surface area contributed by atoms with Gasteiger partial charge in [0, 0.05) is 18.9 Å². The number of hydrogen-bond donors (Lipinski definition) is 1. The number of cyclic esters (lactones) is 1. The number of carbonyl (C=O) groups is 2. The number of hydrogen-bond acceptors (Lipinski definition) is 8. The second kappa shape index (κ2) is 11.6. The summed E-state index contributed by atoms with van der Waals surface area (Å²) in [6, 6.07) is 11.0. The minimum absolute atomic E-state index is 0.0116. The van der Waals surface area contributed by atoms with Crippen LogP contribution in [0.15, 0.2) is 36.4 Å². The smallest absolute Gasteiger partial charge is 0.311 e. The Morgan fingerprint density at radius 2 is 1.55 bits per heavy atom. The maximum atomic E-state index is 12.5. The molecule has 8 nitrogen and oxygen atoms in total. The highest BCUT2D eigenvalue weighted by molar-refractivity contribution is 5.75. The molecule has 0 saturated carbocycles. The van der Waals surface area contributed by atoms with E-state index in [0.29, 0.717) is 48.9 Å². The number of aliphatic hydroxyl groups excluding tert-OH is 1. The lowest BCUT2D eigenvalue weighted by atomic mass is 9.85. The van der Waals surface area contributed by atoms with Crippen LogP contribution < -0.4 is 18.9 Å². The van der Waals surface area contributed by atoms with Crippen LogP contribution >= 0.6 is 0 Å². The standard InChI is InChI=1S/C25H30O8/c1-29-20-8-6-16(13-22(20)30-2)11-18-15-32-25(28)19(18)12-17-7-9-21(23(14-17)31-3)33-24(27)5-4-10-26/h6-9,13-14,18-19,26H,4-5,10-12,15H2,1-3H3/t18-,19+/m0/s1. The molecule has 1 heterocycles. The van der Waals surface area contributed by atoms with Gasteiger partial charge < -0.3 is 28.8 Å². The molecule has 1 aliphatic rings. The van der Waals surface area contributed by atoms with E-state index in [2.05, 4.69) is 0 Å². The Balaban J connectivity index is 1.71.